The van der Waals surface area contributed by atoms with Crippen LogP contribution < -0.4 is 0 Å². The van der Waals surface area contributed by atoms with Crippen LogP contribution in [0.2, 0.25) is 0 Å². The fraction of sp³-hybridized carbons (Fsp3) is 0.423. The summed E-state index contributed by atoms with van der Waals surface area (Å²) in [6.45, 7) is 3.02. The van der Waals surface area contributed by atoms with Gasteiger partial charge in [0.25, 0.3) is 5.91 Å². The molecule has 0 saturated heterocycles. The minimum Gasteiger partial charge on any atom is -0.396 e. The van der Waals surface area contributed by atoms with Crippen molar-refractivity contribution in [3.8, 4) is 11.3 Å². The van der Waals surface area contributed by atoms with Crippen LogP contribution in [-0.2, 0) is 26.4 Å². The van der Waals surface area contributed by atoms with Crippen LogP contribution in [0.15, 0.2) is 42.6 Å². The number of aryl methyl sites for hydroxylation is 2. The zero-order valence-corrected chi connectivity index (χ0v) is 18.8. The number of hydrogen-bond donors (Lipinski definition) is 1. The molecule has 2 aliphatic rings. The topological polar surface area (TPSA) is 71.2 Å². The largest absolute Gasteiger partial charge is 0.396 e. The van der Waals surface area contributed by atoms with E-state index in [0.29, 0.717) is 6.54 Å². The molecule has 1 N–H and O–H groups in total. The van der Waals surface area contributed by atoms with Crippen LogP contribution in [0.4, 0.5) is 0 Å². The van der Waals surface area contributed by atoms with Crippen LogP contribution in [0.25, 0.3) is 11.3 Å². The summed E-state index contributed by atoms with van der Waals surface area (Å²) < 4.78 is 1.70. The van der Waals surface area contributed by atoms with E-state index in [1.807, 2.05) is 18.1 Å². The summed E-state index contributed by atoms with van der Waals surface area (Å²) in [5, 5.41) is 17.9. The van der Waals surface area contributed by atoms with Gasteiger partial charge in [-0.05, 0) is 54.0 Å². The number of nitrogens with zero attached hydrogens (tertiary/aromatic N) is 4. The molecule has 0 bridgehead atoms. The molecule has 1 fully saturated rings. The highest BCUT2D eigenvalue weighted by atomic mass is 16.3. The lowest BCUT2D eigenvalue weighted by molar-refractivity contribution is 0.0612. The molecular weight excluding hydrogens is 400 g/mol. The van der Waals surface area contributed by atoms with Crippen molar-refractivity contribution in [2.75, 3.05) is 6.61 Å². The Morgan fingerprint density at radius 2 is 1.94 bits per heavy atom. The van der Waals surface area contributed by atoms with Gasteiger partial charge < -0.3 is 10.0 Å². The molecule has 2 aromatic carbocycles. The molecule has 1 aliphatic carbocycles. The quantitative estimate of drug-likeness (QED) is 0.647. The smallest absolute Gasteiger partial charge is 0.254 e. The predicted molar refractivity (Wildman–Crippen MR) is 123 cm³/mol. The molecule has 1 aromatic heterocycles. The van der Waals surface area contributed by atoms with Gasteiger partial charge >= 0.3 is 0 Å². The second-order valence-corrected chi connectivity index (χ2v) is 9.16. The van der Waals surface area contributed by atoms with Crippen LogP contribution in [0.1, 0.15) is 58.8 Å². The van der Waals surface area contributed by atoms with Gasteiger partial charge in [-0.15, -0.1) is 5.10 Å². The van der Waals surface area contributed by atoms with Crippen molar-refractivity contribution in [3.05, 3.63) is 70.4 Å². The van der Waals surface area contributed by atoms with E-state index in [4.69, 9.17) is 0 Å². The average Bonchev–Trinajstić information content (AvgIpc) is 3.53. The minimum atomic E-state index is 0.132. The van der Waals surface area contributed by atoms with Crippen molar-refractivity contribution in [2.24, 2.45) is 13.0 Å². The first-order valence-corrected chi connectivity index (χ1v) is 11.6. The Morgan fingerprint density at radius 1 is 1.12 bits per heavy atom. The molecule has 2 atom stereocenters. The Hall–Kier alpha value is -2.99. The Balaban J connectivity index is 1.39. The number of amides is 1. The molecule has 2 heterocycles. The lowest BCUT2D eigenvalue weighted by Gasteiger charge is -2.28. The van der Waals surface area contributed by atoms with Crippen LogP contribution in [0.3, 0.4) is 0 Å². The van der Waals surface area contributed by atoms with E-state index in [1.54, 1.807) is 4.68 Å². The number of carbonyl (C=O) groups is 1. The number of aliphatic hydroxyl groups excluding tert-OH is 1. The first-order valence-electron chi connectivity index (χ1n) is 11.6. The number of benzene rings is 2. The maximum atomic E-state index is 13.3. The SMILES string of the molecule is CCc1cc2c(cc1Cc1ccc(-c3cn(C)nn3)cc1)C(=O)N([C@H]1CCC[C@@H]1CO)C2. The molecule has 5 rings (SSSR count). The maximum absolute atomic E-state index is 13.3. The Labute approximate surface area is 188 Å². The molecule has 0 spiro atoms. The number of hydrogen-bond acceptors (Lipinski definition) is 4. The van der Waals surface area contributed by atoms with Gasteiger partial charge in [-0.25, -0.2) is 0 Å². The molecule has 0 radical (unpaired) electrons. The lowest BCUT2D eigenvalue weighted by Crippen LogP contribution is -2.39. The van der Waals surface area contributed by atoms with Crippen molar-refractivity contribution >= 4 is 5.91 Å². The molecule has 3 aromatic rings. The van der Waals surface area contributed by atoms with E-state index in [0.717, 1.165) is 54.5 Å². The number of rotatable bonds is 6. The van der Waals surface area contributed by atoms with E-state index < -0.39 is 0 Å². The lowest BCUT2D eigenvalue weighted by atomic mass is 9.93. The first-order chi connectivity index (χ1) is 15.6. The van der Waals surface area contributed by atoms with Crippen LogP contribution >= 0.6 is 0 Å². The molecule has 6 heteroatoms. The highest BCUT2D eigenvalue weighted by Gasteiger charge is 2.39. The normalized spacial score (nSPS) is 20.2. The van der Waals surface area contributed by atoms with Gasteiger partial charge in [0, 0.05) is 43.3 Å². The summed E-state index contributed by atoms with van der Waals surface area (Å²) in [7, 11) is 1.87. The molecule has 1 amide bonds. The second-order valence-electron chi connectivity index (χ2n) is 9.16. The highest BCUT2D eigenvalue weighted by molar-refractivity contribution is 5.99. The third-order valence-electron chi connectivity index (χ3n) is 7.14. The number of aliphatic hydroxyl groups is 1. The highest BCUT2D eigenvalue weighted by Crippen LogP contribution is 2.36. The predicted octanol–water partition coefficient (Wildman–Crippen LogP) is 3.75. The first kappa shape index (κ1) is 20.9. The number of fused-ring (bicyclic) bond motifs is 1. The summed E-state index contributed by atoms with van der Waals surface area (Å²) in [5.74, 6) is 0.346. The van der Waals surface area contributed by atoms with E-state index in [9.17, 15) is 9.90 Å². The Kier molecular flexibility index (Phi) is 5.55. The van der Waals surface area contributed by atoms with Gasteiger partial charge in [0.2, 0.25) is 0 Å². The van der Waals surface area contributed by atoms with Gasteiger partial charge in [-0.1, -0.05) is 48.9 Å². The minimum absolute atomic E-state index is 0.132. The zero-order valence-electron chi connectivity index (χ0n) is 18.8. The van der Waals surface area contributed by atoms with E-state index in [2.05, 4.69) is 53.6 Å². The van der Waals surface area contributed by atoms with Crippen molar-refractivity contribution in [1.82, 2.24) is 19.9 Å². The fourth-order valence-electron chi connectivity index (χ4n) is 5.38. The fourth-order valence-corrected chi connectivity index (χ4v) is 5.38. The van der Waals surface area contributed by atoms with Gasteiger partial charge in [-0.2, -0.15) is 0 Å². The standard InChI is InChI=1S/C26H30N4O2/c1-3-18-12-22-14-30(25-6-4-5-20(25)16-31)26(32)23(22)13-21(18)11-17-7-9-19(10-8-17)24-15-29(2)28-27-24/h7-10,12-13,15,20,25,31H,3-6,11,14,16H2,1-2H3/t20-,25+/m1/s1. The summed E-state index contributed by atoms with van der Waals surface area (Å²) in [5.41, 5.74) is 7.64. The summed E-state index contributed by atoms with van der Waals surface area (Å²) >= 11 is 0. The third kappa shape index (κ3) is 3.73. The van der Waals surface area contributed by atoms with E-state index >= 15 is 0 Å². The number of carbonyl (C=O) groups excluding carboxylic acids is 1. The Morgan fingerprint density at radius 3 is 2.62 bits per heavy atom. The third-order valence-corrected chi connectivity index (χ3v) is 7.14. The molecule has 0 unspecified atom stereocenters. The molecule has 1 saturated carbocycles. The molecule has 1 aliphatic heterocycles. The maximum Gasteiger partial charge on any atom is 0.254 e. The van der Waals surface area contributed by atoms with Gasteiger partial charge in [-0.3, -0.25) is 9.48 Å². The van der Waals surface area contributed by atoms with Crippen LogP contribution in [-0.4, -0.2) is 43.6 Å². The Bertz CT molecular complexity index is 1140. The van der Waals surface area contributed by atoms with Crippen LogP contribution in [0, 0.1) is 5.92 Å². The average molecular weight is 431 g/mol. The zero-order chi connectivity index (χ0) is 22.2. The van der Waals surface area contributed by atoms with Crippen LogP contribution in [0.5, 0.6) is 0 Å². The van der Waals surface area contributed by atoms with Gasteiger partial charge in [0.1, 0.15) is 5.69 Å². The van der Waals surface area contributed by atoms with Crippen molar-refractivity contribution in [1.29, 1.82) is 0 Å². The van der Waals surface area contributed by atoms with Crippen molar-refractivity contribution in [3.63, 3.8) is 0 Å². The molecule has 166 valence electrons. The number of aromatic nitrogens is 3. The molecule has 32 heavy (non-hydrogen) atoms. The summed E-state index contributed by atoms with van der Waals surface area (Å²) in [6, 6.07) is 13.0. The molecular formula is C26H30N4O2. The van der Waals surface area contributed by atoms with Gasteiger partial charge in [0.05, 0.1) is 6.20 Å². The van der Waals surface area contributed by atoms with Gasteiger partial charge in [0.15, 0.2) is 0 Å². The molecule has 6 nitrogen and oxygen atoms in total. The van der Waals surface area contributed by atoms with E-state index in [1.165, 1.54) is 16.7 Å². The van der Waals surface area contributed by atoms with E-state index in [-0.39, 0.29) is 24.5 Å². The van der Waals surface area contributed by atoms with Crippen molar-refractivity contribution < 1.29 is 9.90 Å². The monoisotopic (exact) mass is 430 g/mol. The second kappa shape index (κ2) is 8.51. The van der Waals surface area contributed by atoms with Crippen molar-refractivity contribution in [2.45, 2.75) is 51.6 Å². The summed E-state index contributed by atoms with van der Waals surface area (Å²) in [4.78, 5) is 15.3. The summed E-state index contributed by atoms with van der Waals surface area (Å²) in [6.07, 6.45) is 6.75.